The van der Waals surface area contributed by atoms with Gasteiger partial charge >= 0.3 is 0 Å². The summed E-state index contributed by atoms with van der Waals surface area (Å²) < 4.78 is 0. The van der Waals surface area contributed by atoms with E-state index in [0.29, 0.717) is 18.0 Å². The Balaban J connectivity index is 1.36. The molecule has 0 unspecified atom stereocenters. The monoisotopic (exact) mass is 391 g/mol. The summed E-state index contributed by atoms with van der Waals surface area (Å²) in [7, 11) is 0. The lowest BCUT2D eigenvalue weighted by Gasteiger charge is -2.36. The third-order valence-corrected chi connectivity index (χ3v) is 5.09. The molecule has 26 heavy (non-hydrogen) atoms. The minimum Gasteiger partial charge on any atom is -0.369 e. The van der Waals surface area contributed by atoms with E-state index < -0.39 is 0 Å². The molecule has 4 nitrogen and oxygen atoms in total. The Labute approximate surface area is 164 Å². The molecule has 1 heterocycles. The molecule has 1 aliphatic heterocycles. The Kier molecular flexibility index (Phi) is 6.78. The van der Waals surface area contributed by atoms with Crippen LogP contribution in [0.2, 0.25) is 10.0 Å². The summed E-state index contributed by atoms with van der Waals surface area (Å²) in [6.45, 7) is 5.14. The highest BCUT2D eigenvalue weighted by atomic mass is 35.5. The quantitative estimate of drug-likeness (QED) is 0.812. The van der Waals surface area contributed by atoms with Gasteiger partial charge in [-0.05, 0) is 35.9 Å². The van der Waals surface area contributed by atoms with E-state index in [2.05, 4.69) is 21.2 Å². The molecule has 138 valence electrons. The van der Waals surface area contributed by atoms with Gasteiger partial charge in [0.25, 0.3) is 0 Å². The van der Waals surface area contributed by atoms with E-state index in [0.717, 1.165) is 49.0 Å². The van der Waals surface area contributed by atoms with Crippen molar-refractivity contribution in [2.75, 3.05) is 37.6 Å². The fraction of sp³-hybridized carbons (Fsp3) is 0.350. The molecular weight excluding hydrogens is 369 g/mol. The van der Waals surface area contributed by atoms with Gasteiger partial charge in [0.2, 0.25) is 5.91 Å². The van der Waals surface area contributed by atoms with E-state index in [-0.39, 0.29) is 5.91 Å². The highest BCUT2D eigenvalue weighted by Crippen LogP contribution is 2.20. The number of amides is 1. The lowest BCUT2D eigenvalue weighted by Crippen LogP contribution is -2.47. The van der Waals surface area contributed by atoms with Crippen LogP contribution in [0.4, 0.5) is 5.69 Å². The molecule has 1 fully saturated rings. The molecular formula is C20H23Cl2N3O. The molecule has 3 rings (SSSR count). The average Bonchev–Trinajstić information content (AvgIpc) is 2.66. The number of hydrogen-bond acceptors (Lipinski definition) is 3. The van der Waals surface area contributed by atoms with Gasteiger partial charge in [-0.1, -0.05) is 41.4 Å². The van der Waals surface area contributed by atoms with E-state index in [1.54, 1.807) is 0 Å². The third kappa shape index (κ3) is 5.63. The summed E-state index contributed by atoms with van der Waals surface area (Å²) in [6, 6.07) is 15.5. The highest BCUT2D eigenvalue weighted by Gasteiger charge is 2.17. The van der Waals surface area contributed by atoms with Crippen molar-refractivity contribution in [3.8, 4) is 0 Å². The minimum absolute atomic E-state index is 0.0808. The van der Waals surface area contributed by atoms with Gasteiger partial charge in [-0.3, -0.25) is 9.69 Å². The molecule has 0 aliphatic carbocycles. The molecule has 6 heteroatoms. The predicted molar refractivity (Wildman–Crippen MR) is 108 cm³/mol. The molecule has 2 aromatic carbocycles. The highest BCUT2D eigenvalue weighted by molar-refractivity contribution is 6.31. The SMILES string of the molecule is O=C(CCN1CCN(c2cccc(Cl)c2)CC1)NCc1ccc(Cl)cc1. The molecule has 1 N–H and O–H groups in total. The minimum atomic E-state index is 0.0808. The van der Waals surface area contributed by atoms with Crippen LogP contribution in [0.1, 0.15) is 12.0 Å². The Morgan fingerprint density at radius 3 is 2.38 bits per heavy atom. The maximum atomic E-state index is 12.1. The Morgan fingerprint density at radius 2 is 1.69 bits per heavy atom. The molecule has 1 aliphatic rings. The molecule has 1 amide bonds. The Hall–Kier alpha value is -1.75. The summed E-state index contributed by atoms with van der Waals surface area (Å²) >= 11 is 11.9. The summed E-state index contributed by atoms with van der Waals surface area (Å²) in [6.07, 6.45) is 0.519. The number of anilines is 1. The number of hydrogen-bond donors (Lipinski definition) is 1. The Morgan fingerprint density at radius 1 is 0.962 bits per heavy atom. The number of nitrogens with zero attached hydrogens (tertiary/aromatic N) is 2. The molecule has 0 aromatic heterocycles. The van der Waals surface area contributed by atoms with E-state index in [4.69, 9.17) is 23.2 Å². The number of rotatable bonds is 6. The van der Waals surface area contributed by atoms with Crippen molar-refractivity contribution in [1.82, 2.24) is 10.2 Å². The smallest absolute Gasteiger partial charge is 0.221 e. The van der Waals surface area contributed by atoms with Gasteiger partial charge in [-0.2, -0.15) is 0 Å². The maximum absolute atomic E-state index is 12.1. The molecule has 2 aromatic rings. The van der Waals surface area contributed by atoms with Gasteiger partial charge in [0.15, 0.2) is 0 Å². The zero-order valence-electron chi connectivity index (χ0n) is 14.6. The van der Waals surface area contributed by atoms with E-state index in [1.165, 1.54) is 0 Å². The van der Waals surface area contributed by atoms with Gasteiger partial charge < -0.3 is 10.2 Å². The first kappa shape index (κ1) is 19.0. The normalized spacial score (nSPS) is 15.1. The fourth-order valence-corrected chi connectivity index (χ4v) is 3.36. The number of nitrogens with one attached hydrogen (secondary N) is 1. The summed E-state index contributed by atoms with van der Waals surface area (Å²) in [4.78, 5) is 16.7. The van der Waals surface area contributed by atoms with Gasteiger partial charge in [0.1, 0.15) is 0 Å². The molecule has 0 bridgehead atoms. The topological polar surface area (TPSA) is 35.6 Å². The van der Waals surface area contributed by atoms with Crippen LogP contribution in [0, 0.1) is 0 Å². The van der Waals surface area contributed by atoms with Crippen LogP contribution in [-0.4, -0.2) is 43.5 Å². The number of carbonyl (C=O) groups excluding carboxylic acids is 1. The maximum Gasteiger partial charge on any atom is 0.221 e. The number of halogens is 2. The summed E-state index contributed by atoms with van der Waals surface area (Å²) in [5, 5.41) is 4.44. The van der Waals surface area contributed by atoms with Crippen molar-refractivity contribution in [2.45, 2.75) is 13.0 Å². The largest absolute Gasteiger partial charge is 0.369 e. The number of carbonyl (C=O) groups is 1. The standard InChI is InChI=1S/C20H23Cl2N3O/c21-17-6-4-16(5-7-17)15-23-20(26)8-9-24-10-12-25(13-11-24)19-3-1-2-18(22)14-19/h1-7,14H,8-13,15H2,(H,23,26). The first-order chi connectivity index (χ1) is 12.6. The van der Waals surface area contributed by atoms with Gasteiger partial charge in [-0.25, -0.2) is 0 Å². The number of benzene rings is 2. The van der Waals surface area contributed by atoms with Crippen LogP contribution in [0.25, 0.3) is 0 Å². The van der Waals surface area contributed by atoms with Gasteiger partial charge in [0.05, 0.1) is 0 Å². The Bertz CT molecular complexity index is 728. The van der Waals surface area contributed by atoms with E-state index in [9.17, 15) is 4.79 Å². The molecule has 0 atom stereocenters. The van der Waals surface area contributed by atoms with Crippen molar-refractivity contribution in [3.05, 3.63) is 64.1 Å². The van der Waals surface area contributed by atoms with E-state index in [1.807, 2.05) is 42.5 Å². The molecule has 0 saturated carbocycles. The second kappa shape index (κ2) is 9.26. The van der Waals surface area contributed by atoms with Crippen molar-refractivity contribution in [2.24, 2.45) is 0 Å². The van der Waals surface area contributed by atoms with Crippen LogP contribution in [0.3, 0.4) is 0 Å². The zero-order chi connectivity index (χ0) is 18.4. The number of piperazine rings is 1. The van der Waals surface area contributed by atoms with Crippen LogP contribution in [0.5, 0.6) is 0 Å². The molecule has 0 radical (unpaired) electrons. The second-order valence-corrected chi connectivity index (χ2v) is 7.33. The lowest BCUT2D eigenvalue weighted by molar-refractivity contribution is -0.121. The van der Waals surface area contributed by atoms with Crippen LogP contribution in [-0.2, 0) is 11.3 Å². The third-order valence-electron chi connectivity index (χ3n) is 4.60. The van der Waals surface area contributed by atoms with Crippen LogP contribution < -0.4 is 10.2 Å². The van der Waals surface area contributed by atoms with Gasteiger partial charge in [0, 0.05) is 61.4 Å². The second-order valence-electron chi connectivity index (χ2n) is 6.46. The van der Waals surface area contributed by atoms with Crippen LogP contribution >= 0.6 is 23.2 Å². The predicted octanol–water partition coefficient (Wildman–Crippen LogP) is 3.82. The fourth-order valence-electron chi connectivity index (χ4n) is 3.05. The van der Waals surface area contributed by atoms with Gasteiger partial charge in [-0.15, -0.1) is 0 Å². The van der Waals surface area contributed by atoms with Crippen molar-refractivity contribution >= 4 is 34.8 Å². The van der Waals surface area contributed by atoms with E-state index >= 15 is 0 Å². The zero-order valence-corrected chi connectivity index (χ0v) is 16.1. The first-order valence-electron chi connectivity index (χ1n) is 8.84. The summed E-state index contributed by atoms with van der Waals surface area (Å²) in [5.41, 5.74) is 2.22. The van der Waals surface area contributed by atoms with Crippen LogP contribution in [0.15, 0.2) is 48.5 Å². The van der Waals surface area contributed by atoms with Crippen molar-refractivity contribution in [3.63, 3.8) is 0 Å². The lowest BCUT2D eigenvalue weighted by atomic mass is 10.2. The first-order valence-corrected chi connectivity index (χ1v) is 9.60. The molecule has 1 saturated heterocycles. The summed E-state index contributed by atoms with van der Waals surface area (Å²) in [5.74, 6) is 0.0808. The average molecular weight is 392 g/mol. The van der Waals surface area contributed by atoms with Crippen molar-refractivity contribution < 1.29 is 4.79 Å². The van der Waals surface area contributed by atoms with Crippen molar-refractivity contribution in [1.29, 1.82) is 0 Å². The molecule has 0 spiro atoms.